The number of ether oxygens (including phenoxy) is 3. The number of aliphatic hydroxyl groups is 1. The minimum atomic E-state index is -2.01. The predicted octanol–water partition coefficient (Wildman–Crippen LogP) is 5.73. The number of pyridine rings is 2. The number of aryl methyl sites for hydroxylation is 1. The Morgan fingerprint density at radius 1 is 1.03 bits per heavy atom. The van der Waals surface area contributed by atoms with Gasteiger partial charge in [0.05, 0.1) is 47.1 Å². The monoisotopic (exact) mass is 855 g/mol. The van der Waals surface area contributed by atoms with E-state index >= 15 is 4.39 Å². The number of likely N-dealkylation sites (N-methyl/N-ethyl adjacent to an activating group) is 1. The van der Waals surface area contributed by atoms with Crippen LogP contribution in [0.1, 0.15) is 95.7 Å². The fourth-order valence-electron chi connectivity index (χ4n) is 10.2. The van der Waals surface area contributed by atoms with Gasteiger partial charge in [0.15, 0.2) is 11.7 Å². The summed E-state index contributed by atoms with van der Waals surface area (Å²) in [5.74, 6) is -1.91. The van der Waals surface area contributed by atoms with Crippen molar-refractivity contribution in [2.45, 2.75) is 83.3 Å². The number of nitrogens with zero attached hydrogens (tertiary/aromatic N) is 3. The maximum atomic E-state index is 15.4. The van der Waals surface area contributed by atoms with Crippen LogP contribution in [0.3, 0.4) is 0 Å². The maximum absolute atomic E-state index is 15.4. The number of esters is 1. The Labute approximate surface area is 361 Å². The molecule has 4 heterocycles. The van der Waals surface area contributed by atoms with Crippen molar-refractivity contribution in [1.82, 2.24) is 25.1 Å². The lowest BCUT2D eigenvalue weighted by atomic mass is 9.68. The third kappa shape index (κ3) is 6.34. The quantitative estimate of drug-likeness (QED) is 0.0876. The van der Waals surface area contributed by atoms with Gasteiger partial charge in [0, 0.05) is 40.8 Å². The van der Waals surface area contributed by atoms with Crippen LogP contribution in [0, 0.1) is 18.2 Å². The smallest absolute Gasteiger partial charge is 0.410 e. The lowest BCUT2D eigenvalue weighted by Crippen LogP contribution is -2.50. The minimum absolute atomic E-state index is 0.00872. The molecule has 0 saturated heterocycles. The molecule has 5 aromatic rings. The van der Waals surface area contributed by atoms with E-state index in [1.807, 2.05) is 48.5 Å². The molecule has 14 nitrogen and oxygen atoms in total. The van der Waals surface area contributed by atoms with Crippen LogP contribution < -0.4 is 16.2 Å². The Morgan fingerprint density at radius 2 is 1.75 bits per heavy atom. The summed E-state index contributed by atoms with van der Waals surface area (Å²) in [6.45, 7) is 2.81. The number of fused-ring (bicyclic) bond motifs is 8. The number of benzene rings is 3. The summed E-state index contributed by atoms with van der Waals surface area (Å²) in [4.78, 5) is 73.4. The highest BCUT2D eigenvalue weighted by molar-refractivity contribution is 5.94. The summed E-state index contributed by atoms with van der Waals surface area (Å²) in [5, 5.41) is 18.1. The van der Waals surface area contributed by atoms with Crippen molar-refractivity contribution in [3.8, 4) is 22.5 Å². The number of aromatic nitrogens is 2. The Morgan fingerprint density at radius 3 is 2.43 bits per heavy atom. The summed E-state index contributed by atoms with van der Waals surface area (Å²) in [6.07, 6.45) is 1.65. The molecule has 3 N–H and O–H groups in total. The van der Waals surface area contributed by atoms with Gasteiger partial charge in [-0.3, -0.25) is 14.4 Å². The van der Waals surface area contributed by atoms with Gasteiger partial charge in [-0.05, 0) is 72.9 Å². The first kappa shape index (κ1) is 40.6. The lowest BCUT2D eigenvalue weighted by Gasteiger charge is -2.41. The number of hydrogen-bond donors (Lipinski definition) is 3. The molecule has 10 rings (SSSR count). The zero-order valence-electron chi connectivity index (χ0n) is 35.1. The summed E-state index contributed by atoms with van der Waals surface area (Å²) >= 11 is 0. The molecule has 5 aliphatic rings. The van der Waals surface area contributed by atoms with Crippen molar-refractivity contribution < 1.29 is 42.9 Å². The SMILES string of the molecule is CC[C@@]1(O)C(=O)OCc2c1cc1n(c2=O)Cc2c-1nc1cc(F)c(C)c3c1c2[C@@H](NC(=O)C1(COCNC(=O)CN(C)C(=O)OC2c4ccccc4-c4ccccc42)CCC1)CC3. The van der Waals surface area contributed by atoms with E-state index in [1.165, 1.54) is 18.0 Å². The number of halogens is 1. The van der Waals surface area contributed by atoms with Gasteiger partial charge >= 0.3 is 12.1 Å². The number of amides is 3. The molecule has 3 aliphatic carbocycles. The molecule has 3 aromatic carbocycles. The first-order valence-electron chi connectivity index (χ1n) is 21.4. The van der Waals surface area contributed by atoms with Gasteiger partial charge in [-0.25, -0.2) is 19.0 Å². The van der Waals surface area contributed by atoms with Gasteiger partial charge in [0.2, 0.25) is 11.8 Å². The van der Waals surface area contributed by atoms with Gasteiger partial charge in [-0.2, -0.15) is 0 Å². The molecule has 1 saturated carbocycles. The molecule has 15 heteroatoms. The predicted molar refractivity (Wildman–Crippen MR) is 227 cm³/mol. The van der Waals surface area contributed by atoms with Crippen molar-refractivity contribution in [1.29, 1.82) is 0 Å². The average molecular weight is 856 g/mol. The number of rotatable bonds is 10. The van der Waals surface area contributed by atoms with E-state index in [4.69, 9.17) is 19.2 Å². The third-order valence-electron chi connectivity index (χ3n) is 13.9. The van der Waals surface area contributed by atoms with E-state index in [0.29, 0.717) is 53.7 Å². The van der Waals surface area contributed by atoms with Crippen molar-refractivity contribution >= 4 is 34.8 Å². The van der Waals surface area contributed by atoms with E-state index in [-0.39, 0.29) is 56.5 Å². The molecule has 0 radical (unpaired) electrons. The van der Waals surface area contributed by atoms with Crippen LogP contribution in [0.25, 0.3) is 33.4 Å². The normalized spacial score (nSPS) is 19.8. The average Bonchev–Trinajstić information content (AvgIpc) is 3.79. The Balaban J connectivity index is 0.831. The van der Waals surface area contributed by atoms with Gasteiger partial charge < -0.3 is 39.4 Å². The van der Waals surface area contributed by atoms with E-state index < -0.39 is 52.5 Å². The molecular weight excluding hydrogens is 810 g/mol. The van der Waals surface area contributed by atoms with Crippen LogP contribution in [-0.2, 0) is 53.8 Å². The molecule has 0 unspecified atom stereocenters. The fourth-order valence-corrected chi connectivity index (χ4v) is 10.2. The zero-order valence-corrected chi connectivity index (χ0v) is 35.1. The highest BCUT2D eigenvalue weighted by atomic mass is 19.1. The molecule has 3 amide bonds. The van der Waals surface area contributed by atoms with Crippen molar-refractivity contribution in [2.24, 2.45) is 5.41 Å². The van der Waals surface area contributed by atoms with Crippen LogP contribution in [0.4, 0.5) is 9.18 Å². The molecule has 1 fully saturated rings. The third-order valence-corrected chi connectivity index (χ3v) is 13.9. The number of carbonyl (C=O) groups is 4. The summed E-state index contributed by atoms with van der Waals surface area (Å²) < 4.78 is 34.1. The Bertz CT molecular complexity index is 2830. The Kier molecular flexibility index (Phi) is 9.75. The van der Waals surface area contributed by atoms with E-state index in [1.54, 1.807) is 24.5 Å². The second-order valence-electron chi connectivity index (χ2n) is 17.4. The molecule has 2 aromatic heterocycles. The molecule has 324 valence electrons. The van der Waals surface area contributed by atoms with Gasteiger partial charge in [0.25, 0.3) is 5.56 Å². The molecule has 63 heavy (non-hydrogen) atoms. The lowest BCUT2D eigenvalue weighted by molar-refractivity contribution is -0.172. The van der Waals surface area contributed by atoms with E-state index in [0.717, 1.165) is 45.2 Å². The van der Waals surface area contributed by atoms with Crippen LogP contribution in [0.5, 0.6) is 0 Å². The minimum Gasteiger partial charge on any atom is -0.458 e. The van der Waals surface area contributed by atoms with Crippen LogP contribution in [0.15, 0.2) is 65.5 Å². The second-order valence-corrected chi connectivity index (χ2v) is 17.4. The van der Waals surface area contributed by atoms with Crippen LogP contribution >= 0.6 is 0 Å². The summed E-state index contributed by atoms with van der Waals surface area (Å²) in [6, 6.07) is 18.0. The Hall–Kier alpha value is -6.45. The van der Waals surface area contributed by atoms with Crippen molar-refractivity contribution in [3.05, 3.63) is 121 Å². The fraction of sp³-hybridized carbons (Fsp3) is 0.375. The van der Waals surface area contributed by atoms with Gasteiger partial charge in [0.1, 0.15) is 25.7 Å². The largest absolute Gasteiger partial charge is 0.458 e. The second kappa shape index (κ2) is 15.1. The highest BCUT2D eigenvalue weighted by Crippen LogP contribution is 2.48. The van der Waals surface area contributed by atoms with Crippen LogP contribution in [-0.4, -0.2) is 70.4 Å². The first-order valence-corrected chi connectivity index (χ1v) is 21.4. The van der Waals surface area contributed by atoms with E-state index in [9.17, 15) is 29.1 Å². The summed E-state index contributed by atoms with van der Waals surface area (Å²) in [5.41, 5.74) is 4.83. The molecule has 0 bridgehead atoms. The summed E-state index contributed by atoms with van der Waals surface area (Å²) in [7, 11) is 1.49. The molecule has 2 aliphatic heterocycles. The van der Waals surface area contributed by atoms with Gasteiger partial charge in [-0.15, -0.1) is 0 Å². The molecule has 0 spiro atoms. The standard InChI is InChI=1S/C48H46FN5O9/c1-4-48(60)33-18-37-41-31(20-54(37)43(56)32(33)22-62-45(48)58)40-35(15-14-26-25(2)34(49)19-36(51-41)39(26)40)52-44(57)47(16-9-17-47)23-61-24-50-38(55)21-53(3)46(59)63-42-29-12-7-5-10-27(29)28-11-6-8-13-30(28)42/h5-8,10-13,18-19,35,42,60H,4,9,14-17,20-24H2,1-3H3,(H,50,55)(H,52,57)/t35-,48-/m0/s1. The molecule has 2 atom stereocenters. The van der Waals surface area contributed by atoms with Crippen molar-refractivity contribution in [2.75, 3.05) is 26.9 Å². The van der Waals surface area contributed by atoms with Crippen LogP contribution in [0.2, 0.25) is 0 Å². The maximum Gasteiger partial charge on any atom is 0.410 e. The number of carbonyl (C=O) groups excluding carboxylic acids is 4. The number of nitrogens with one attached hydrogen (secondary N) is 2. The first-order chi connectivity index (χ1) is 30.3. The number of hydrogen-bond acceptors (Lipinski definition) is 10. The van der Waals surface area contributed by atoms with Gasteiger partial charge in [-0.1, -0.05) is 61.9 Å². The van der Waals surface area contributed by atoms with Crippen molar-refractivity contribution in [3.63, 3.8) is 0 Å². The highest BCUT2D eigenvalue weighted by Gasteiger charge is 2.48. The topological polar surface area (TPSA) is 178 Å². The molecular formula is C48H46FN5O9. The zero-order chi connectivity index (χ0) is 43.9. The number of cyclic esters (lactones) is 1. The van der Waals surface area contributed by atoms with E-state index in [2.05, 4.69) is 10.6 Å².